The van der Waals surface area contributed by atoms with Crippen molar-refractivity contribution in [3.8, 4) is 0 Å². The molecular weight excluding hydrogens is 390 g/mol. The summed E-state index contributed by atoms with van der Waals surface area (Å²) in [4.78, 5) is 30.3. The van der Waals surface area contributed by atoms with Gasteiger partial charge in [-0.25, -0.2) is 4.79 Å². The number of rotatable bonds is 8. The number of H-pyrrole nitrogens is 1. The van der Waals surface area contributed by atoms with E-state index in [-0.39, 0.29) is 5.56 Å². The molecule has 0 amide bonds. The van der Waals surface area contributed by atoms with Crippen molar-refractivity contribution in [3.63, 3.8) is 0 Å². The van der Waals surface area contributed by atoms with Gasteiger partial charge in [0.1, 0.15) is 0 Å². The van der Waals surface area contributed by atoms with E-state index in [1.165, 1.54) is 15.8 Å². The van der Waals surface area contributed by atoms with E-state index in [4.69, 9.17) is 0 Å². The number of nitrogens with one attached hydrogen (secondary N) is 1. The van der Waals surface area contributed by atoms with Gasteiger partial charge in [0.05, 0.1) is 14.6 Å². The molecular formula is C24H29N3O2Si. The maximum atomic E-state index is 11.9. The zero-order valence-electron chi connectivity index (χ0n) is 17.9. The molecule has 0 fully saturated rings. The van der Waals surface area contributed by atoms with Crippen LogP contribution in [-0.4, -0.2) is 30.4 Å². The maximum Gasteiger partial charge on any atom is 0.328 e. The molecule has 0 aliphatic heterocycles. The largest absolute Gasteiger partial charge is 0.328 e. The van der Waals surface area contributed by atoms with E-state index >= 15 is 0 Å². The van der Waals surface area contributed by atoms with E-state index < -0.39 is 13.8 Å². The molecule has 6 heteroatoms. The minimum absolute atomic E-state index is 0.336. The third-order valence-corrected chi connectivity index (χ3v) is 8.91. The quantitative estimate of drug-likeness (QED) is 0.346. The molecule has 0 atom stereocenters. The Morgan fingerprint density at radius 2 is 1.73 bits per heavy atom. The van der Waals surface area contributed by atoms with Crippen LogP contribution >= 0.6 is 0 Å². The molecule has 0 aliphatic carbocycles. The van der Waals surface area contributed by atoms with Crippen LogP contribution in [0.25, 0.3) is 0 Å². The highest BCUT2D eigenvalue weighted by Gasteiger charge is 2.21. The molecule has 156 valence electrons. The number of nitrogens with zero attached hydrogens (tertiary/aromatic N) is 2. The SMILES string of the molecule is Cc1cn(Cc2ccc(C=NCCC[Si](C)(C)c3ccccc3)cc2)c(=O)[nH]c1=O. The minimum Gasteiger partial charge on any atom is -0.296 e. The van der Waals surface area contributed by atoms with Crippen LogP contribution in [-0.2, 0) is 6.54 Å². The second-order valence-electron chi connectivity index (χ2n) is 8.33. The molecule has 30 heavy (non-hydrogen) atoms. The number of aliphatic imine (C=N–C) groups is 1. The van der Waals surface area contributed by atoms with Crippen molar-refractivity contribution < 1.29 is 0 Å². The van der Waals surface area contributed by atoms with Crippen molar-refractivity contribution >= 4 is 19.5 Å². The monoisotopic (exact) mass is 419 g/mol. The fourth-order valence-corrected chi connectivity index (χ4v) is 5.88. The highest BCUT2D eigenvalue weighted by Crippen LogP contribution is 2.12. The fraction of sp³-hybridized carbons (Fsp3) is 0.292. The third kappa shape index (κ3) is 5.76. The summed E-state index contributed by atoms with van der Waals surface area (Å²) in [6, 6.07) is 20.0. The molecule has 5 nitrogen and oxygen atoms in total. The molecule has 1 heterocycles. The van der Waals surface area contributed by atoms with E-state index in [0.29, 0.717) is 12.1 Å². The Kier molecular flexibility index (Phi) is 7.00. The summed E-state index contributed by atoms with van der Waals surface area (Å²) in [6.07, 6.45) is 4.60. The zero-order valence-corrected chi connectivity index (χ0v) is 18.9. The van der Waals surface area contributed by atoms with Gasteiger partial charge >= 0.3 is 5.69 Å². The normalized spacial score (nSPS) is 11.8. The van der Waals surface area contributed by atoms with E-state index in [1.807, 2.05) is 30.5 Å². The molecule has 0 bridgehead atoms. The number of hydrogen-bond acceptors (Lipinski definition) is 3. The summed E-state index contributed by atoms with van der Waals surface area (Å²) in [5.41, 5.74) is 1.84. The average Bonchev–Trinajstić information content (AvgIpc) is 2.73. The van der Waals surface area contributed by atoms with Gasteiger partial charge in [-0.15, -0.1) is 0 Å². The van der Waals surface area contributed by atoms with E-state index in [1.54, 1.807) is 13.1 Å². The molecule has 1 N–H and O–H groups in total. The predicted molar refractivity (Wildman–Crippen MR) is 127 cm³/mol. The number of aryl methyl sites for hydroxylation is 1. The molecule has 0 saturated carbocycles. The lowest BCUT2D eigenvalue weighted by molar-refractivity contribution is 0.713. The first-order valence-electron chi connectivity index (χ1n) is 10.3. The van der Waals surface area contributed by atoms with Crippen LogP contribution in [0, 0.1) is 6.92 Å². The molecule has 3 rings (SSSR count). The Balaban J connectivity index is 1.52. The zero-order chi connectivity index (χ0) is 21.6. The summed E-state index contributed by atoms with van der Waals surface area (Å²) in [5.74, 6) is 0. The lowest BCUT2D eigenvalue weighted by Gasteiger charge is -2.22. The van der Waals surface area contributed by atoms with Gasteiger partial charge < -0.3 is 0 Å². The number of hydrogen-bond donors (Lipinski definition) is 1. The lowest BCUT2D eigenvalue weighted by Crippen LogP contribution is -2.40. The van der Waals surface area contributed by atoms with Crippen LogP contribution in [0.3, 0.4) is 0 Å². The molecule has 0 unspecified atom stereocenters. The van der Waals surface area contributed by atoms with Crippen molar-refractivity contribution in [1.82, 2.24) is 9.55 Å². The van der Waals surface area contributed by atoms with E-state index in [9.17, 15) is 9.59 Å². The Morgan fingerprint density at radius 1 is 1.03 bits per heavy atom. The highest BCUT2D eigenvalue weighted by atomic mass is 28.3. The van der Waals surface area contributed by atoms with Gasteiger partial charge in [-0.2, -0.15) is 0 Å². The average molecular weight is 420 g/mol. The van der Waals surface area contributed by atoms with Crippen LogP contribution in [0.15, 0.2) is 75.4 Å². The molecule has 1 aromatic heterocycles. The Bertz CT molecular complexity index is 1110. The topological polar surface area (TPSA) is 67.2 Å². The molecule has 0 aliphatic rings. The second kappa shape index (κ2) is 9.67. The van der Waals surface area contributed by atoms with Crippen LogP contribution in [0.4, 0.5) is 0 Å². The van der Waals surface area contributed by atoms with Crippen LogP contribution in [0.2, 0.25) is 19.1 Å². The highest BCUT2D eigenvalue weighted by molar-refractivity contribution is 6.89. The predicted octanol–water partition coefficient (Wildman–Crippen LogP) is 3.32. The van der Waals surface area contributed by atoms with Crippen molar-refractivity contribution in [1.29, 1.82) is 0 Å². The van der Waals surface area contributed by atoms with Crippen LogP contribution in [0.1, 0.15) is 23.1 Å². The number of benzene rings is 2. The van der Waals surface area contributed by atoms with Crippen molar-refractivity contribution in [3.05, 3.63) is 98.3 Å². The second-order valence-corrected chi connectivity index (χ2v) is 13.2. The number of aromatic nitrogens is 2. The Labute approximate surface area is 178 Å². The molecule has 3 aromatic rings. The van der Waals surface area contributed by atoms with Crippen LogP contribution in [0.5, 0.6) is 0 Å². The Morgan fingerprint density at radius 3 is 2.43 bits per heavy atom. The molecule has 0 spiro atoms. The summed E-state index contributed by atoms with van der Waals surface area (Å²) < 4.78 is 1.51. The molecule has 0 saturated heterocycles. The van der Waals surface area contributed by atoms with Gasteiger partial charge in [0.15, 0.2) is 0 Å². The van der Waals surface area contributed by atoms with E-state index in [2.05, 4.69) is 53.4 Å². The molecule has 2 aromatic carbocycles. The minimum atomic E-state index is -1.39. The lowest BCUT2D eigenvalue weighted by atomic mass is 10.1. The fourth-order valence-electron chi connectivity index (χ4n) is 3.46. The van der Waals surface area contributed by atoms with Gasteiger partial charge in [-0.3, -0.25) is 19.3 Å². The standard InChI is InChI=1S/C24H29N3O2Si/c1-19-17-27(24(29)26-23(19)28)18-21-12-10-20(11-13-21)16-25-14-7-15-30(2,3)22-8-5-4-6-9-22/h4-6,8-13,16-17H,7,14-15,18H2,1-3H3,(H,26,28,29). The van der Waals surface area contributed by atoms with Crippen molar-refractivity contribution in [2.45, 2.75) is 39.0 Å². The van der Waals surface area contributed by atoms with Crippen molar-refractivity contribution in [2.75, 3.05) is 6.54 Å². The van der Waals surface area contributed by atoms with Gasteiger partial charge in [0.2, 0.25) is 0 Å². The van der Waals surface area contributed by atoms with Gasteiger partial charge in [0.25, 0.3) is 5.56 Å². The first-order valence-corrected chi connectivity index (χ1v) is 13.5. The summed E-state index contributed by atoms with van der Waals surface area (Å²) in [6.45, 7) is 7.78. The summed E-state index contributed by atoms with van der Waals surface area (Å²) >= 11 is 0. The molecule has 0 radical (unpaired) electrons. The van der Waals surface area contributed by atoms with Gasteiger partial charge in [-0.05, 0) is 24.5 Å². The first-order chi connectivity index (χ1) is 14.3. The summed E-state index contributed by atoms with van der Waals surface area (Å²) in [5, 5.41) is 1.50. The first kappa shape index (κ1) is 21.7. The van der Waals surface area contributed by atoms with Gasteiger partial charge in [-0.1, -0.05) is 78.9 Å². The van der Waals surface area contributed by atoms with Crippen molar-refractivity contribution in [2.24, 2.45) is 4.99 Å². The van der Waals surface area contributed by atoms with Crippen LogP contribution < -0.4 is 16.4 Å². The Hall–Kier alpha value is -2.99. The van der Waals surface area contributed by atoms with Gasteiger partial charge in [0, 0.05) is 24.5 Å². The maximum absolute atomic E-state index is 11.9. The third-order valence-electron chi connectivity index (χ3n) is 5.41. The smallest absolute Gasteiger partial charge is 0.296 e. The number of aromatic amines is 1. The van der Waals surface area contributed by atoms with E-state index in [0.717, 1.165) is 24.1 Å². The summed E-state index contributed by atoms with van der Waals surface area (Å²) in [7, 11) is -1.39.